The maximum Gasteiger partial charge on any atom is 0.174 e. The summed E-state index contributed by atoms with van der Waals surface area (Å²) in [6, 6.07) is 39.5. The fourth-order valence-electron chi connectivity index (χ4n) is 5.04. The SMILES string of the molecule is Cc1cc(N=Nc2ccc3ccccc3n2)ccc1-c1ccc(-c2ccc(N=Nc3ccc4ccccc4n3)cc2C)o1. The van der Waals surface area contributed by atoms with E-state index in [2.05, 4.69) is 30.4 Å². The van der Waals surface area contributed by atoms with E-state index < -0.39 is 0 Å². The van der Waals surface area contributed by atoms with E-state index in [4.69, 9.17) is 4.42 Å². The largest absolute Gasteiger partial charge is 0.456 e. The van der Waals surface area contributed by atoms with E-state index >= 15 is 0 Å². The first-order valence-corrected chi connectivity index (χ1v) is 14.0. The molecule has 0 aliphatic heterocycles. The van der Waals surface area contributed by atoms with Crippen LogP contribution in [0.1, 0.15) is 11.1 Å². The van der Waals surface area contributed by atoms with E-state index in [1.54, 1.807) is 0 Å². The highest BCUT2D eigenvalue weighted by Crippen LogP contribution is 2.35. The number of hydrogen-bond acceptors (Lipinski definition) is 7. The van der Waals surface area contributed by atoms with Crippen LogP contribution in [0, 0.1) is 13.8 Å². The number of azo groups is 2. The molecule has 3 aromatic heterocycles. The third kappa shape index (κ3) is 5.56. The monoisotopic (exact) mass is 558 g/mol. The summed E-state index contributed by atoms with van der Waals surface area (Å²) in [5, 5.41) is 19.7. The van der Waals surface area contributed by atoms with Crippen molar-refractivity contribution in [2.45, 2.75) is 13.8 Å². The van der Waals surface area contributed by atoms with Crippen LogP contribution in [0.5, 0.6) is 0 Å². The van der Waals surface area contributed by atoms with Crippen LogP contribution in [-0.4, -0.2) is 9.97 Å². The Kier molecular flexibility index (Phi) is 6.81. The van der Waals surface area contributed by atoms with Gasteiger partial charge in [-0.05, 0) is 110 Å². The number of fused-ring (bicyclic) bond motifs is 2. The Labute approximate surface area is 248 Å². The van der Waals surface area contributed by atoms with Crippen LogP contribution in [0.4, 0.5) is 23.0 Å². The fraction of sp³-hybridized carbons (Fsp3) is 0.0556. The molecule has 0 atom stereocenters. The van der Waals surface area contributed by atoms with Crippen molar-refractivity contribution in [1.82, 2.24) is 9.97 Å². The van der Waals surface area contributed by atoms with Gasteiger partial charge < -0.3 is 4.42 Å². The lowest BCUT2D eigenvalue weighted by molar-refractivity contribution is 0.596. The highest BCUT2D eigenvalue weighted by Gasteiger charge is 2.12. The first-order chi connectivity index (χ1) is 21.1. The molecule has 0 bridgehead atoms. The first kappa shape index (κ1) is 26.1. The normalized spacial score (nSPS) is 11.8. The number of para-hydroxylation sites is 2. The molecule has 7 aromatic rings. The number of rotatable bonds is 6. The zero-order chi connectivity index (χ0) is 29.2. The summed E-state index contributed by atoms with van der Waals surface area (Å²) in [5.74, 6) is 2.73. The molecule has 7 rings (SSSR count). The van der Waals surface area contributed by atoms with E-state index in [0.717, 1.165) is 67.0 Å². The van der Waals surface area contributed by atoms with Gasteiger partial charge in [0.2, 0.25) is 0 Å². The Morgan fingerprint density at radius 2 is 0.930 bits per heavy atom. The molecule has 0 amide bonds. The van der Waals surface area contributed by atoms with Crippen LogP contribution in [0.2, 0.25) is 0 Å². The lowest BCUT2D eigenvalue weighted by Crippen LogP contribution is -1.82. The van der Waals surface area contributed by atoms with E-state index in [0.29, 0.717) is 11.6 Å². The average Bonchev–Trinajstić information content (AvgIpc) is 3.52. The smallest absolute Gasteiger partial charge is 0.174 e. The number of pyridine rings is 2. The molecule has 0 spiro atoms. The molecule has 0 saturated heterocycles. The van der Waals surface area contributed by atoms with Crippen LogP contribution >= 0.6 is 0 Å². The number of aryl methyl sites for hydroxylation is 2. The number of hydrogen-bond donors (Lipinski definition) is 0. The Morgan fingerprint density at radius 3 is 1.40 bits per heavy atom. The van der Waals surface area contributed by atoms with Crippen LogP contribution < -0.4 is 0 Å². The predicted molar refractivity (Wildman–Crippen MR) is 171 cm³/mol. The lowest BCUT2D eigenvalue weighted by atomic mass is 10.1. The van der Waals surface area contributed by atoms with Crippen LogP contribution in [0.25, 0.3) is 44.5 Å². The van der Waals surface area contributed by atoms with Crippen molar-refractivity contribution >= 4 is 44.8 Å². The summed E-state index contributed by atoms with van der Waals surface area (Å²) < 4.78 is 6.31. The second-order valence-electron chi connectivity index (χ2n) is 10.3. The predicted octanol–water partition coefficient (Wildman–Crippen LogP) is 11.2. The minimum absolute atomic E-state index is 0.573. The number of furan rings is 1. The fourth-order valence-corrected chi connectivity index (χ4v) is 5.04. The van der Waals surface area contributed by atoms with E-state index in [-0.39, 0.29) is 0 Å². The number of aromatic nitrogens is 2. The van der Waals surface area contributed by atoms with Gasteiger partial charge in [-0.2, -0.15) is 0 Å². The summed E-state index contributed by atoms with van der Waals surface area (Å²) in [6.45, 7) is 4.08. The molecule has 7 nitrogen and oxygen atoms in total. The summed E-state index contributed by atoms with van der Waals surface area (Å²) in [6.07, 6.45) is 0. The molecule has 3 heterocycles. The zero-order valence-corrected chi connectivity index (χ0v) is 23.6. The van der Waals surface area contributed by atoms with Crippen molar-refractivity contribution in [2.75, 3.05) is 0 Å². The summed E-state index contributed by atoms with van der Waals surface area (Å²) in [4.78, 5) is 9.13. The van der Waals surface area contributed by atoms with Gasteiger partial charge in [-0.1, -0.05) is 36.4 Å². The standard InChI is InChI=1S/C36H26N6O/c1-23-21-27(39-41-35-19-11-25-7-3-5-9-31(25)37-35)13-15-29(23)33-17-18-34(43-33)30-16-14-28(22-24(30)2)40-42-36-20-12-26-8-4-6-10-32(26)38-36/h3-22H,1-2H3. The Balaban J connectivity index is 1.07. The van der Waals surface area contributed by atoms with Gasteiger partial charge in [-0.15, -0.1) is 20.5 Å². The summed E-state index contributed by atoms with van der Waals surface area (Å²) in [7, 11) is 0. The Morgan fingerprint density at radius 1 is 0.465 bits per heavy atom. The Hall–Kier alpha value is -5.82. The van der Waals surface area contributed by atoms with Gasteiger partial charge in [0, 0.05) is 21.9 Å². The van der Waals surface area contributed by atoms with Crippen molar-refractivity contribution in [3.05, 3.63) is 132 Å². The van der Waals surface area contributed by atoms with Crippen molar-refractivity contribution in [2.24, 2.45) is 20.5 Å². The summed E-state index contributed by atoms with van der Waals surface area (Å²) in [5.41, 5.74) is 7.38. The first-order valence-electron chi connectivity index (χ1n) is 14.0. The average molecular weight is 559 g/mol. The van der Waals surface area contributed by atoms with E-state index in [1.165, 1.54) is 0 Å². The zero-order valence-electron chi connectivity index (χ0n) is 23.6. The maximum absolute atomic E-state index is 6.31. The van der Waals surface area contributed by atoms with Crippen LogP contribution in [0.3, 0.4) is 0 Å². The van der Waals surface area contributed by atoms with Crippen molar-refractivity contribution < 1.29 is 4.42 Å². The topological polar surface area (TPSA) is 88.4 Å². The second-order valence-corrected chi connectivity index (χ2v) is 10.3. The van der Waals surface area contributed by atoms with Crippen LogP contribution in [0.15, 0.2) is 146 Å². The molecular weight excluding hydrogens is 532 g/mol. The number of benzene rings is 4. The molecule has 0 N–H and O–H groups in total. The van der Waals surface area contributed by atoms with E-state index in [1.807, 2.05) is 135 Å². The van der Waals surface area contributed by atoms with E-state index in [9.17, 15) is 0 Å². The molecular formula is C36H26N6O. The molecule has 206 valence electrons. The van der Waals surface area contributed by atoms with Crippen molar-refractivity contribution in [3.63, 3.8) is 0 Å². The molecule has 0 fully saturated rings. The van der Waals surface area contributed by atoms with Crippen molar-refractivity contribution in [1.29, 1.82) is 0 Å². The maximum atomic E-state index is 6.31. The molecule has 0 unspecified atom stereocenters. The third-order valence-corrected chi connectivity index (χ3v) is 7.26. The van der Waals surface area contributed by atoms with Crippen molar-refractivity contribution in [3.8, 4) is 22.6 Å². The highest BCUT2D eigenvalue weighted by atomic mass is 16.3. The molecule has 0 radical (unpaired) electrons. The van der Waals surface area contributed by atoms with Gasteiger partial charge in [0.1, 0.15) is 11.5 Å². The minimum atomic E-state index is 0.573. The molecule has 7 heteroatoms. The number of nitrogens with zero attached hydrogens (tertiary/aromatic N) is 6. The highest BCUT2D eigenvalue weighted by molar-refractivity contribution is 5.80. The van der Waals surface area contributed by atoms with Gasteiger partial charge >= 0.3 is 0 Å². The van der Waals surface area contributed by atoms with Crippen LogP contribution in [-0.2, 0) is 0 Å². The molecule has 43 heavy (non-hydrogen) atoms. The third-order valence-electron chi connectivity index (χ3n) is 7.26. The summed E-state index contributed by atoms with van der Waals surface area (Å²) >= 11 is 0. The van der Waals surface area contributed by atoms with Gasteiger partial charge in [-0.3, -0.25) is 0 Å². The minimum Gasteiger partial charge on any atom is -0.456 e. The lowest BCUT2D eigenvalue weighted by Gasteiger charge is -2.06. The Bertz CT molecular complexity index is 2030. The molecule has 4 aromatic carbocycles. The second kappa shape index (κ2) is 11.2. The molecule has 0 saturated carbocycles. The van der Waals surface area contributed by atoms with Gasteiger partial charge in [0.25, 0.3) is 0 Å². The van der Waals surface area contributed by atoms with Gasteiger partial charge in [0.05, 0.1) is 22.4 Å². The van der Waals surface area contributed by atoms with Gasteiger partial charge in [-0.25, -0.2) is 9.97 Å². The molecule has 0 aliphatic carbocycles. The van der Waals surface area contributed by atoms with Gasteiger partial charge in [0.15, 0.2) is 11.6 Å². The molecule has 0 aliphatic rings. The quantitative estimate of drug-likeness (QED) is 0.190.